The normalized spacial score (nSPS) is 19.3. The predicted octanol–water partition coefficient (Wildman–Crippen LogP) is 3.68. The number of hydrogen-bond donors (Lipinski definition) is 1. The molecule has 1 atom stereocenters. The predicted molar refractivity (Wildman–Crippen MR) is 83.8 cm³/mol. The maximum atomic E-state index is 3.52. The van der Waals surface area contributed by atoms with Crippen molar-refractivity contribution in [3.63, 3.8) is 0 Å². The Labute approximate surface area is 118 Å². The number of anilines is 1. The maximum Gasteiger partial charge on any atom is 0.0366 e. The molecule has 1 N–H and O–H groups in total. The monoisotopic (exact) mass is 260 g/mol. The molecule has 0 aromatic heterocycles. The summed E-state index contributed by atoms with van der Waals surface area (Å²) in [6, 6.07) is 10.9. The smallest absolute Gasteiger partial charge is 0.0366 e. The van der Waals surface area contributed by atoms with Crippen molar-refractivity contribution in [3.05, 3.63) is 30.3 Å². The molecule has 0 bridgehead atoms. The van der Waals surface area contributed by atoms with Gasteiger partial charge in [0.15, 0.2) is 0 Å². The van der Waals surface area contributed by atoms with Crippen LogP contribution in [0, 0.1) is 5.92 Å². The van der Waals surface area contributed by atoms with Crippen molar-refractivity contribution in [3.8, 4) is 0 Å². The SMILES string of the molecule is CCCCN(CCC1CCCNC1)c1ccccc1. The molecule has 0 spiro atoms. The summed E-state index contributed by atoms with van der Waals surface area (Å²) in [4.78, 5) is 2.57. The average molecular weight is 260 g/mol. The third-order valence-corrected chi connectivity index (χ3v) is 4.11. The van der Waals surface area contributed by atoms with Crippen molar-refractivity contribution >= 4 is 5.69 Å². The highest BCUT2D eigenvalue weighted by Crippen LogP contribution is 2.19. The maximum absolute atomic E-state index is 3.52. The lowest BCUT2D eigenvalue weighted by Gasteiger charge is -2.29. The zero-order chi connectivity index (χ0) is 13.3. The van der Waals surface area contributed by atoms with E-state index in [1.54, 1.807) is 0 Å². The van der Waals surface area contributed by atoms with Gasteiger partial charge in [-0.3, -0.25) is 0 Å². The Morgan fingerprint density at radius 3 is 2.74 bits per heavy atom. The summed E-state index contributed by atoms with van der Waals surface area (Å²) in [5, 5.41) is 3.52. The molecule has 2 nitrogen and oxygen atoms in total. The highest BCUT2D eigenvalue weighted by molar-refractivity contribution is 5.45. The molecule has 1 unspecified atom stereocenters. The van der Waals surface area contributed by atoms with Gasteiger partial charge in [0.05, 0.1) is 0 Å². The third-order valence-electron chi connectivity index (χ3n) is 4.11. The van der Waals surface area contributed by atoms with Crippen LogP contribution in [0.3, 0.4) is 0 Å². The van der Waals surface area contributed by atoms with Gasteiger partial charge >= 0.3 is 0 Å². The van der Waals surface area contributed by atoms with E-state index in [0.717, 1.165) is 5.92 Å². The van der Waals surface area contributed by atoms with E-state index in [9.17, 15) is 0 Å². The molecule has 106 valence electrons. The number of benzene rings is 1. The molecule has 1 heterocycles. The molecule has 0 aliphatic carbocycles. The summed E-state index contributed by atoms with van der Waals surface area (Å²) < 4.78 is 0. The van der Waals surface area contributed by atoms with Crippen LogP contribution in [-0.2, 0) is 0 Å². The van der Waals surface area contributed by atoms with E-state index in [1.165, 1.54) is 64.0 Å². The molecule has 0 radical (unpaired) electrons. The minimum absolute atomic E-state index is 0.876. The average Bonchev–Trinajstić information content (AvgIpc) is 2.49. The zero-order valence-corrected chi connectivity index (χ0v) is 12.3. The van der Waals surface area contributed by atoms with Gasteiger partial charge in [0.1, 0.15) is 0 Å². The van der Waals surface area contributed by atoms with E-state index in [-0.39, 0.29) is 0 Å². The first-order valence-corrected chi connectivity index (χ1v) is 7.91. The summed E-state index contributed by atoms with van der Waals surface area (Å²) in [5.41, 5.74) is 1.39. The Bertz CT molecular complexity index is 330. The van der Waals surface area contributed by atoms with Gasteiger partial charge in [-0.05, 0) is 56.8 Å². The van der Waals surface area contributed by atoms with E-state index in [2.05, 4.69) is 47.5 Å². The van der Waals surface area contributed by atoms with Gasteiger partial charge in [-0.1, -0.05) is 31.5 Å². The zero-order valence-electron chi connectivity index (χ0n) is 12.3. The first kappa shape index (κ1) is 14.4. The fourth-order valence-electron chi connectivity index (χ4n) is 2.87. The molecule has 19 heavy (non-hydrogen) atoms. The molecule has 2 rings (SSSR count). The molecule has 0 saturated carbocycles. The molecular formula is C17H28N2. The fraction of sp³-hybridized carbons (Fsp3) is 0.647. The van der Waals surface area contributed by atoms with Crippen molar-refractivity contribution in [2.24, 2.45) is 5.92 Å². The number of rotatable bonds is 7. The lowest BCUT2D eigenvalue weighted by atomic mass is 9.96. The summed E-state index contributed by atoms with van der Waals surface area (Å²) in [6.45, 7) is 7.11. The minimum Gasteiger partial charge on any atom is -0.372 e. The van der Waals surface area contributed by atoms with Crippen LogP contribution in [0.1, 0.15) is 39.0 Å². The van der Waals surface area contributed by atoms with Crippen LogP contribution in [0.4, 0.5) is 5.69 Å². The number of nitrogens with one attached hydrogen (secondary N) is 1. The molecule has 0 amide bonds. The lowest BCUT2D eigenvalue weighted by molar-refractivity contribution is 0.358. The molecule has 1 aliphatic rings. The molecular weight excluding hydrogens is 232 g/mol. The molecule has 1 aromatic carbocycles. The minimum atomic E-state index is 0.876. The second-order valence-corrected chi connectivity index (χ2v) is 5.68. The molecule has 1 saturated heterocycles. The van der Waals surface area contributed by atoms with E-state index >= 15 is 0 Å². The highest BCUT2D eigenvalue weighted by Gasteiger charge is 2.14. The van der Waals surface area contributed by atoms with Gasteiger partial charge in [-0.25, -0.2) is 0 Å². The summed E-state index contributed by atoms with van der Waals surface area (Å²) in [5.74, 6) is 0.876. The van der Waals surface area contributed by atoms with Crippen molar-refractivity contribution in [2.45, 2.75) is 39.0 Å². The van der Waals surface area contributed by atoms with E-state index < -0.39 is 0 Å². The van der Waals surface area contributed by atoms with Crippen molar-refractivity contribution in [1.29, 1.82) is 0 Å². The second kappa shape index (κ2) is 8.21. The van der Waals surface area contributed by atoms with Gasteiger partial charge in [-0.2, -0.15) is 0 Å². The number of hydrogen-bond acceptors (Lipinski definition) is 2. The quantitative estimate of drug-likeness (QED) is 0.804. The largest absolute Gasteiger partial charge is 0.372 e. The fourth-order valence-corrected chi connectivity index (χ4v) is 2.87. The third kappa shape index (κ3) is 4.87. The van der Waals surface area contributed by atoms with Gasteiger partial charge in [-0.15, -0.1) is 0 Å². The number of para-hydroxylation sites is 1. The molecule has 1 aromatic rings. The van der Waals surface area contributed by atoms with Crippen molar-refractivity contribution in [2.75, 3.05) is 31.1 Å². The van der Waals surface area contributed by atoms with Crippen LogP contribution in [0.15, 0.2) is 30.3 Å². The Kier molecular flexibility index (Phi) is 6.22. The van der Waals surface area contributed by atoms with E-state index in [1.807, 2.05) is 0 Å². The lowest BCUT2D eigenvalue weighted by Crippen LogP contribution is -2.33. The van der Waals surface area contributed by atoms with Gasteiger partial charge in [0.25, 0.3) is 0 Å². The van der Waals surface area contributed by atoms with E-state index in [0.29, 0.717) is 0 Å². The van der Waals surface area contributed by atoms with Crippen LogP contribution in [-0.4, -0.2) is 26.2 Å². The Morgan fingerprint density at radius 1 is 1.21 bits per heavy atom. The van der Waals surface area contributed by atoms with Crippen LogP contribution in [0.5, 0.6) is 0 Å². The molecule has 1 fully saturated rings. The first-order chi connectivity index (χ1) is 9.40. The van der Waals surface area contributed by atoms with Crippen molar-refractivity contribution < 1.29 is 0 Å². The first-order valence-electron chi connectivity index (χ1n) is 7.91. The summed E-state index contributed by atoms with van der Waals surface area (Å²) >= 11 is 0. The summed E-state index contributed by atoms with van der Waals surface area (Å²) in [6.07, 6.45) is 6.64. The Hall–Kier alpha value is -1.02. The van der Waals surface area contributed by atoms with E-state index in [4.69, 9.17) is 0 Å². The van der Waals surface area contributed by atoms with Crippen LogP contribution >= 0.6 is 0 Å². The van der Waals surface area contributed by atoms with Crippen LogP contribution in [0.2, 0.25) is 0 Å². The number of piperidine rings is 1. The highest BCUT2D eigenvalue weighted by atomic mass is 15.1. The van der Waals surface area contributed by atoms with Crippen LogP contribution in [0.25, 0.3) is 0 Å². The topological polar surface area (TPSA) is 15.3 Å². The Balaban J connectivity index is 1.86. The second-order valence-electron chi connectivity index (χ2n) is 5.68. The molecule has 1 aliphatic heterocycles. The van der Waals surface area contributed by atoms with Gasteiger partial charge in [0, 0.05) is 18.8 Å². The van der Waals surface area contributed by atoms with Crippen LogP contribution < -0.4 is 10.2 Å². The number of unbranched alkanes of at least 4 members (excludes halogenated alkanes) is 1. The van der Waals surface area contributed by atoms with Crippen molar-refractivity contribution in [1.82, 2.24) is 5.32 Å². The van der Waals surface area contributed by atoms with Gasteiger partial charge < -0.3 is 10.2 Å². The summed E-state index contributed by atoms with van der Waals surface area (Å²) in [7, 11) is 0. The molecule has 2 heteroatoms. The standard InChI is InChI=1S/C17H28N2/c1-2-3-13-19(17-9-5-4-6-10-17)14-11-16-8-7-12-18-15-16/h4-6,9-10,16,18H,2-3,7-8,11-15H2,1H3. The Morgan fingerprint density at radius 2 is 2.05 bits per heavy atom. The van der Waals surface area contributed by atoms with Gasteiger partial charge in [0.2, 0.25) is 0 Å². The number of nitrogens with zero attached hydrogens (tertiary/aromatic N) is 1.